The molecule has 1 saturated heterocycles. The molecule has 1 heterocycles. The van der Waals surface area contributed by atoms with Crippen LogP contribution in [0, 0.1) is 11.3 Å². The topological polar surface area (TPSA) is 32.3 Å². The highest BCUT2D eigenvalue weighted by Gasteiger charge is 2.36. The van der Waals surface area contributed by atoms with Gasteiger partial charge in [-0.3, -0.25) is 4.79 Å². The summed E-state index contributed by atoms with van der Waals surface area (Å²) in [4.78, 5) is 14.5. The second-order valence-electron chi connectivity index (χ2n) is 7.04. The van der Waals surface area contributed by atoms with E-state index in [1.54, 1.807) is 0 Å². The first kappa shape index (κ1) is 13.9. The minimum Gasteiger partial charge on any atom is -0.341 e. The number of carbonyl (C=O) groups is 1. The van der Waals surface area contributed by atoms with Crippen LogP contribution in [0.15, 0.2) is 0 Å². The number of amides is 1. The van der Waals surface area contributed by atoms with E-state index in [4.69, 9.17) is 0 Å². The van der Waals surface area contributed by atoms with Crippen LogP contribution in [-0.2, 0) is 4.79 Å². The minimum absolute atomic E-state index is 0.0919. The van der Waals surface area contributed by atoms with Gasteiger partial charge in [-0.1, -0.05) is 27.7 Å². The number of nitrogens with one attached hydrogen (secondary N) is 1. The van der Waals surface area contributed by atoms with Crippen LogP contribution in [0.1, 0.15) is 53.4 Å². The zero-order valence-electron chi connectivity index (χ0n) is 12.3. The minimum atomic E-state index is 0.0919. The van der Waals surface area contributed by atoms with Gasteiger partial charge in [0.15, 0.2) is 0 Å². The van der Waals surface area contributed by atoms with E-state index < -0.39 is 0 Å². The van der Waals surface area contributed by atoms with Gasteiger partial charge >= 0.3 is 0 Å². The third kappa shape index (κ3) is 3.25. The van der Waals surface area contributed by atoms with Crippen molar-refractivity contribution >= 4 is 5.91 Å². The number of hydrogen-bond donors (Lipinski definition) is 1. The van der Waals surface area contributed by atoms with E-state index in [2.05, 4.69) is 37.9 Å². The van der Waals surface area contributed by atoms with Crippen molar-refractivity contribution < 1.29 is 4.79 Å². The van der Waals surface area contributed by atoms with Gasteiger partial charge in [-0.25, -0.2) is 0 Å². The van der Waals surface area contributed by atoms with E-state index in [0.29, 0.717) is 17.9 Å². The van der Waals surface area contributed by atoms with E-state index in [0.717, 1.165) is 25.9 Å². The summed E-state index contributed by atoms with van der Waals surface area (Å²) >= 11 is 0. The molecule has 3 heteroatoms. The zero-order chi connectivity index (χ0) is 13.3. The van der Waals surface area contributed by atoms with E-state index in [1.807, 2.05) is 0 Å². The van der Waals surface area contributed by atoms with Gasteiger partial charge in [0.1, 0.15) is 0 Å². The average molecular weight is 252 g/mol. The number of nitrogens with zero attached hydrogens (tertiary/aromatic N) is 1. The van der Waals surface area contributed by atoms with Crippen molar-refractivity contribution in [2.24, 2.45) is 11.3 Å². The summed E-state index contributed by atoms with van der Waals surface area (Å²) in [6.07, 6.45) is 4.67. The van der Waals surface area contributed by atoms with Crippen LogP contribution in [0.25, 0.3) is 0 Å². The standard InChI is InChI=1S/C15H28N2O/c1-11(2)15(3,4)10-17-9-5-6-13(14(17)18)16-12-7-8-12/h11-13,16H,5-10H2,1-4H3. The van der Waals surface area contributed by atoms with Crippen LogP contribution in [0.5, 0.6) is 0 Å². The zero-order valence-corrected chi connectivity index (χ0v) is 12.3. The maximum absolute atomic E-state index is 12.5. The first-order valence-corrected chi connectivity index (χ1v) is 7.45. The van der Waals surface area contributed by atoms with Crippen LogP contribution in [0.2, 0.25) is 0 Å². The van der Waals surface area contributed by atoms with Crippen LogP contribution in [-0.4, -0.2) is 36.0 Å². The van der Waals surface area contributed by atoms with Gasteiger partial charge in [-0.15, -0.1) is 0 Å². The quantitative estimate of drug-likeness (QED) is 0.815. The molecule has 0 aromatic carbocycles. The Morgan fingerprint density at radius 1 is 1.33 bits per heavy atom. The molecule has 1 aliphatic heterocycles. The van der Waals surface area contributed by atoms with Crippen LogP contribution >= 0.6 is 0 Å². The molecule has 2 aliphatic rings. The first-order valence-electron chi connectivity index (χ1n) is 7.45. The summed E-state index contributed by atoms with van der Waals surface area (Å²) in [7, 11) is 0. The molecule has 2 fully saturated rings. The first-order chi connectivity index (χ1) is 8.40. The van der Waals surface area contributed by atoms with Crippen LogP contribution < -0.4 is 5.32 Å². The molecule has 0 aromatic heterocycles. The van der Waals surface area contributed by atoms with E-state index in [-0.39, 0.29) is 11.5 Å². The smallest absolute Gasteiger partial charge is 0.239 e. The fourth-order valence-corrected chi connectivity index (χ4v) is 2.46. The Balaban J connectivity index is 1.93. The van der Waals surface area contributed by atoms with Gasteiger partial charge in [0.2, 0.25) is 5.91 Å². The molecule has 18 heavy (non-hydrogen) atoms. The van der Waals surface area contributed by atoms with Crippen molar-refractivity contribution in [3.05, 3.63) is 0 Å². The van der Waals surface area contributed by atoms with E-state index in [9.17, 15) is 4.79 Å². The van der Waals surface area contributed by atoms with Gasteiger partial charge in [0, 0.05) is 19.1 Å². The fourth-order valence-electron chi connectivity index (χ4n) is 2.46. The maximum Gasteiger partial charge on any atom is 0.239 e. The summed E-state index contributed by atoms with van der Waals surface area (Å²) in [5.74, 6) is 0.934. The third-order valence-electron chi connectivity index (χ3n) is 4.71. The van der Waals surface area contributed by atoms with E-state index in [1.165, 1.54) is 12.8 Å². The molecule has 1 amide bonds. The Bertz CT molecular complexity index is 308. The van der Waals surface area contributed by atoms with Gasteiger partial charge in [0.05, 0.1) is 6.04 Å². The molecule has 0 aromatic rings. The van der Waals surface area contributed by atoms with Crippen molar-refractivity contribution in [1.29, 1.82) is 0 Å². The summed E-state index contributed by atoms with van der Waals surface area (Å²) in [6.45, 7) is 10.9. The molecule has 3 nitrogen and oxygen atoms in total. The number of carbonyl (C=O) groups excluding carboxylic acids is 1. The number of rotatable bonds is 5. The van der Waals surface area contributed by atoms with Gasteiger partial charge in [-0.2, -0.15) is 0 Å². The molecular formula is C15H28N2O. The molecule has 1 atom stereocenters. The van der Waals surface area contributed by atoms with Crippen molar-refractivity contribution in [3.63, 3.8) is 0 Å². The largest absolute Gasteiger partial charge is 0.341 e. The summed E-state index contributed by atoms with van der Waals surface area (Å²) in [5, 5.41) is 3.50. The molecular weight excluding hydrogens is 224 g/mol. The maximum atomic E-state index is 12.5. The van der Waals surface area contributed by atoms with Crippen LogP contribution in [0.3, 0.4) is 0 Å². The third-order valence-corrected chi connectivity index (χ3v) is 4.71. The predicted molar refractivity (Wildman–Crippen MR) is 74.4 cm³/mol. The Hall–Kier alpha value is -0.570. The second kappa shape index (κ2) is 5.20. The second-order valence-corrected chi connectivity index (χ2v) is 7.04. The van der Waals surface area contributed by atoms with Crippen molar-refractivity contribution in [1.82, 2.24) is 10.2 Å². The summed E-state index contributed by atoms with van der Waals surface area (Å²) in [5.41, 5.74) is 0.205. The van der Waals surface area contributed by atoms with Gasteiger partial charge in [0.25, 0.3) is 0 Å². The lowest BCUT2D eigenvalue weighted by Crippen LogP contribution is -2.53. The van der Waals surface area contributed by atoms with Crippen molar-refractivity contribution in [3.8, 4) is 0 Å². The van der Waals surface area contributed by atoms with Crippen molar-refractivity contribution in [2.75, 3.05) is 13.1 Å². The molecule has 1 N–H and O–H groups in total. The highest BCUT2D eigenvalue weighted by molar-refractivity contribution is 5.82. The molecule has 2 rings (SSSR count). The molecule has 1 aliphatic carbocycles. The Labute approximate surface area is 111 Å². The van der Waals surface area contributed by atoms with Crippen LogP contribution in [0.4, 0.5) is 0 Å². The van der Waals surface area contributed by atoms with Crippen molar-refractivity contribution in [2.45, 2.75) is 65.5 Å². The predicted octanol–water partition coefficient (Wildman–Crippen LogP) is 2.41. The fraction of sp³-hybridized carbons (Fsp3) is 0.933. The number of hydrogen-bond acceptors (Lipinski definition) is 2. The van der Waals surface area contributed by atoms with Gasteiger partial charge in [-0.05, 0) is 37.0 Å². The average Bonchev–Trinajstić information content (AvgIpc) is 3.07. The monoisotopic (exact) mass is 252 g/mol. The highest BCUT2D eigenvalue weighted by atomic mass is 16.2. The molecule has 1 saturated carbocycles. The van der Waals surface area contributed by atoms with E-state index >= 15 is 0 Å². The SMILES string of the molecule is CC(C)C(C)(C)CN1CCCC(NC2CC2)C1=O. The summed E-state index contributed by atoms with van der Waals surface area (Å²) in [6, 6.07) is 0.714. The Morgan fingerprint density at radius 2 is 2.00 bits per heavy atom. The molecule has 0 bridgehead atoms. The Kier molecular flexibility index (Phi) is 4.00. The normalized spacial score (nSPS) is 25.9. The number of piperidine rings is 1. The lowest BCUT2D eigenvalue weighted by Gasteiger charge is -2.40. The lowest BCUT2D eigenvalue weighted by atomic mass is 9.80. The molecule has 104 valence electrons. The molecule has 0 spiro atoms. The van der Waals surface area contributed by atoms with Gasteiger partial charge < -0.3 is 10.2 Å². The highest BCUT2D eigenvalue weighted by Crippen LogP contribution is 2.29. The Morgan fingerprint density at radius 3 is 2.56 bits per heavy atom. The molecule has 0 radical (unpaired) electrons. The summed E-state index contributed by atoms with van der Waals surface area (Å²) < 4.78 is 0. The number of likely N-dealkylation sites (tertiary alicyclic amines) is 1. The molecule has 1 unspecified atom stereocenters. The lowest BCUT2D eigenvalue weighted by molar-refractivity contribution is -0.138.